The second kappa shape index (κ2) is 3.12. The molecule has 1 atom stereocenters. The standard InChI is InChI=1S/C9H11N5/c10-8-3-6-13-9(11,14-8)7-1-4-12-5-2-7/h1-6,13H,11H2,(H2,10,14). The first-order valence-corrected chi connectivity index (χ1v) is 4.20. The van der Waals surface area contributed by atoms with Crippen LogP contribution in [-0.2, 0) is 5.79 Å². The van der Waals surface area contributed by atoms with Gasteiger partial charge in [0.15, 0.2) is 0 Å². The average molecular weight is 189 g/mol. The Labute approximate surface area is 81.5 Å². The molecule has 0 spiro atoms. The maximum absolute atomic E-state index is 6.01. The van der Waals surface area contributed by atoms with Crippen LogP contribution in [0.25, 0.3) is 0 Å². The van der Waals surface area contributed by atoms with Crippen molar-refractivity contribution in [1.82, 2.24) is 10.3 Å². The molecule has 5 N–H and O–H groups in total. The van der Waals surface area contributed by atoms with Crippen LogP contribution in [0.4, 0.5) is 0 Å². The molecule has 5 nitrogen and oxygen atoms in total. The van der Waals surface area contributed by atoms with Crippen molar-refractivity contribution in [2.24, 2.45) is 16.5 Å². The van der Waals surface area contributed by atoms with Gasteiger partial charge in [0, 0.05) is 24.2 Å². The minimum absolute atomic E-state index is 0.406. The number of rotatable bonds is 1. The highest BCUT2D eigenvalue weighted by atomic mass is 15.3. The highest BCUT2D eigenvalue weighted by Crippen LogP contribution is 2.17. The predicted molar refractivity (Wildman–Crippen MR) is 54.0 cm³/mol. The minimum Gasteiger partial charge on any atom is -0.384 e. The van der Waals surface area contributed by atoms with E-state index in [0.717, 1.165) is 5.56 Å². The Morgan fingerprint density at radius 2 is 2.00 bits per heavy atom. The molecular weight excluding hydrogens is 178 g/mol. The summed E-state index contributed by atoms with van der Waals surface area (Å²) in [5, 5.41) is 2.94. The fourth-order valence-corrected chi connectivity index (χ4v) is 1.28. The summed E-state index contributed by atoms with van der Waals surface area (Å²) in [5.74, 6) is -0.565. The van der Waals surface area contributed by atoms with Gasteiger partial charge in [-0.05, 0) is 18.2 Å². The molecule has 1 aliphatic heterocycles. The van der Waals surface area contributed by atoms with Gasteiger partial charge in [0.2, 0.25) is 5.79 Å². The molecule has 0 aromatic carbocycles. The lowest BCUT2D eigenvalue weighted by atomic mass is 10.1. The largest absolute Gasteiger partial charge is 0.384 e. The number of hydrogen-bond acceptors (Lipinski definition) is 5. The maximum Gasteiger partial charge on any atom is 0.211 e. The first-order valence-electron chi connectivity index (χ1n) is 4.20. The van der Waals surface area contributed by atoms with Crippen molar-refractivity contribution >= 4 is 5.84 Å². The molecule has 1 aromatic rings. The Kier molecular flexibility index (Phi) is 1.94. The molecule has 0 fully saturated rings. The van der Waals surface area contributed by atoms with E-state index in [1.54, 1.807) is 36.8 Å². The fourth-order valence-electron chi connectivity index (χ4n) is 1.28. The van der Waals surface area contributed by atoms with E-state index in [1.165, 1.54) is 0 Å². The van der Waals surface area contributed by atoms with Crippen LogP contribution in [0.2, 0.25) is 0 Å². The number of aliphatic imine (C=N–C) groups is 1. The summed E-state index contributed by atoms with van der Waals surface area (Å²) in [7, 11) is 0. The Bertz CT molecular complexity index is 383. The van der Waals surface area contributed by atoms with Crippen LogP contribution in [0, 0.1) is 0 Å². The third kappa shape index (κ3) is 1.45. The van der Waals surface area contributed by atoms with E-state index in [0.29, 0.717) is 5.84 Å². The lowest BCUT2D eigenvalue weighted by Crippen LogP contribution is -2.49. The van der Waals surface area contributed by atoms with E-state index in [4.69, 9.17) is 11.5 Å². The predicted octanol–water partition coefficient (Wildman–Crippen LogP) is -0.375. The highest BCUT2D eigenvalue weighted by molar-refractivity contribution is 5.92. The smallest absolute Gasteiger partial charge is 0.211 e. The van der Waals surface area contributed by atoms with E-state index in [2.05, 4.69) is 15.3 Å². The summed E-state index contributed by atoms with van der Waals surface area (Å²) in [6, 6.07) is 3.59. The zero-order valence-corrected chi connectivity index (χ0v) is 7.51. The van der Waals surface area contributed by atoms with Gasteiger partial charge in [-0.3, -0.25) is 10.7 Å². The molecule has 2 rings (SSSR count). The third-order valence-corrected chi connectivity index (χ3v) is 1.98. The first kappa shape index (κ1) is 8.71. The molecule has 1 aliphatic rings. The molecule has 72 valence electrons. The van der Waals surface area contributed by atoms with Gasteiger partial charge in [0.1, 0.15) is 5.84 Å². The summed E-state index contributed by atoms with van der Waals surface area (Å²) in [5.41, 5.74) is 12.4. The van der Waals surface area contributed by atoms with Crippen LogP contribution in [0.3, 0.4) is 0 Å². The second-order valence-corrected chi connectivity index (χ2v) is 3.02. The Morgan fingerprint density at radius 3 is 2.64 bits per heavy atom. The number of nitrogens with zero attached hydrogens (tertiary/aromatic N) is 2. The van der Waals surface area contributed by atoms with Crippen molar-refractivity contribution in [2.75, 3.05) is 0 Å². The van der Waals surface area contributed by atoms with Gasteiger partial charge in [0.05, 0.1) is 0 Å². The van der Waals surface area contributed by atoms with E-state index in [9.17, 15) is 0 Å². The molecule has 1 unspecified atom stereocenters. The summed E-state index contributed by atoms with van der Waals surface area (Å²) in [6.45, 7) is 0. The van der Waals surface area contributed by atoms with Crippen molar-refractivity contribution in [2.45, 2.75) is 5.79 Å². The first-order chi connectivity index (χ1) is 6.71. The zero-order valence-electron chi connectivity index (χ0n) is 7.51. The average Bonchev–Trinajstić information content (AvgIpc) is 2.19. The molecule has 5 heteroatoms. The van der Waals surface area contributed by atoms with Gasteiger partial charge in [-0.1, -0.05) is 0 Å². The van der Waals surface area contributed by atoms with Gasteiger partial charge in [-0.25, -0.2) is 4.99 Å². The molecule has 14 heavy (non-hydrogen) atoms. The number of hydrogen-bond donors (Lipinski definition) is 3. The SMILES string of the molecule is NC1=NC(N)(c2ccncc2)NC=C1. The normalized spacial score (nSPS) is 25.4. The fraction of sp³-hybridized carbons (Fsp3) is 0.111. The molecule has 0 aliphatic carbocycles. The van der Waals surface area contributed by atoms with Gasteiger partial charge in [-0.15, -0.1) is 0 Å². The van der Waals surface area contributed by atoms with Gasteiger partial charge >= 0.3 is 0 Å². The van der Waals surface area contributed by atoms with Crippen LogP contribution in [0.15, 0.2) is 41.8 Å². The van der Waals surface area contributed by atoms with Gasteiger partial charge < -0.3 is 11.1 Å². The molecule has 1 aromatic heterocycles. The zero-order chi connectivity index (χ0) is 10.0. The van der Waals surface area contributed by atoms with Crippen molar-refractivity contribution < 1.29 is 0 Å². The highest BCUT2D eigenvalue weighted by Gasteiger charge is 2.26. The van der Waals surface area contributed by atoms with Crippen molar-refractivity contribution in [3.63, 3.8) is 0 Å². The molecule has 0 saturated heterocycles. The number of nitrogens with one attached hydrogen (secondary N) is 1. The molecule has 0 saturated carbocycles. The van der Waals surface area contributed by atoms with Crippen LogP contribution >= 0.6 is 0 Å². The molecular formula is C9H11N5. The number of nitrogens with two attached hydrogens (primary N) is 2. The molecule has 0 bridgehead atoms. The number of amidine groups is 1. The second-order valence-electron chi connectivity index (χ2n) is 3.02. The van der Waals surface area contributed by atoms with Crippen LogP contribution in [-0.4, -0.2) is 10.8 Å². The quantitative estimate of drug-likeness (QED) is 0.562. The number of aromatic nitrogens is 1. The monoisotopic (exact) mass is 189 g/mol. The summed E-state index contributed by atoms with van der Waals surface area (Å²) >= 11 is 0. The van der Waals surface area contributed by atoms with Gasteiger partial charge in [0.25, 0.3) is 0 Å². The minimum atomic E-state index is -0.970. The van der Waals surface area contributed by atoms with Crippen LogP contribution in [0.5, 0.6) is 0 Å². The van der Waals surface area contributed by atoms with E-state index in [1.807, 2.05) is 0 Å². The van der Waals surface area contributed by atoms with Crippen LogP contribution < -0.4 is 16.8 Å². The summed E-state index contributed by atoms with van der Waals surface area (Å²) in [4.78, 5) is 8.04. The topological polar surface area (TPSA) is 89.3 Å². The Hall–Kier alpha value is -1.88. The lowest BCUT2D eigenvalue weighted by molar-refractivity contribution is 0.409. The van der Waals surface area contributed by atoms with Crippen molar-refractivity contribution in [3.05, 3.63) is 42.4 Å². The molecule has 0 amide bonds. The summed E-state index contributed by atoms with van der Waals surface area (Å²) in [6.07, 6.45) is 6.67. The number of pyridine rings is 1. The lowest BCUT2D eigenvalue weighted by Gasteiger charge is -2.28. The Morgan fingerprint density at radius 1 is 1.29 bits per heavy atom. The maximum atomic E-state index is 6.01. The molecule has 0 radical (unpaired) electrons. The van der Waals surface area contributed by atoms with Crippen molar-refractivity contribution in [3.8, 4) is 0 Å². The summed E-state index contributed by atoms with van der Waals surface area (Å²) < 4.78 is 0. The Balaban J connectivity index is 2.39. The molecule has 2 heterocycles. The third-order valence-electron chi connectivity index (χ3n) is 1.98. The van der Waals surface area contributed by atoms with Crippen LogP contribution in [0.1, 0.15) is 5.56 Å². The van der Waals surface area contributed by atoms with E-state index < -0.39 is 5.79 Å². The van der Waals surface area contributed by atoms with Gasteiger partial charge in [-0.2, -0.15) is 0 Å². The van der Waals surface area contributed by atoms with Crippen molar-refractivity contribution in [1.29, 1.82) is 0 Å². The van der Waals surface area contributed by atoms with E-state index >= 15 is 0 Å². The van der Waals surface area contributed by atoms with E-state index in [-0.39, 0.29) is 0 Å².